The summed E-state index contributed by atoms with van der Waals surface area (Å²) in [6.07, 6.45) is 0. The van der Waals surface area contributed by atoms with E-state index in [1.165, 1.54) is 35.5 Å². The molecule has 1 aliphatic heterocycles. The van der Waals surface area contributed by atoms with Crippen molar-refractivity contribution >= 4 is 27.4 Å². The molecule has 31 heavy (non-hydrogen) atoms. The van der Waals surface area contributed by atoms with Crippen molar-refractivity contribution in [3.63, 3.8) is 0 Å². The topological polar surface area (TPSA) is 96.0 Å². The van der Waals surface area contributed by atoms with Gasteiger partial charge >= 0.3 is 0 Å². The van der Waals surface area contributed by atoms with Crippen LogP contribution in [-0.4, -0.2) is 68.6 Å². The molecule has 1 atom stereocenters. The second-order valence-corrected chi connectivity index (χ2v) is 9.36. The van der Waals surface area contributed by atoms with Gasteiger partial charge in [0, 0.05) is 43.5 Å². The predicted octanol–water partition coefficient (Wildman–Crippen LogP) is 2.23. The van der Waals surface area contributed by atoms with Crippen LogP contribution in [0.25, 0.3) is 0 Å². The summed E-state index contributed by atoms with van der Waals surface area (Å²) in [5.41, 5.74) is 1.12. The Balaban J connectivity index is 1.60. The Hall–Kier alpha value is -2.75. The number of hydrogen-bond acceptors (Lipinski definition) is 6. The largest absolute Gasteiger partial charge is 0.497 e. The fourth-order valence-electron chi connectivity index (χ4n) is 3.46. The molecule has 0 spiro atoms. The first-order valence-corrected chi connectivity index (χ1v) is 11.5. The van der Waals surface area contributed by atoms with Crippen molar-refractivity contribution < 1.29 is 22.7 Å². The number of benzene rings is 2. The molecule has 1 heterocycles. The van der Waals surface area contributed by atoms with E-state index in [0.717, 1.165) is 0 Å². The monoisotopic (exact) mass is 445 g/mol. The quantitative estimate of drug-likeness (QED) is 0.657. The van der Waals surface area contributed by atoms with Crippen molar-refractivity contribution in [2.75, 3.05) is 38.6 Å². The van der Waals surface area contributed by atoms with E-state index in [4.69, 9.17) is 4.74 Å². The van der Waals surface area contributed by atoms with Crippen molar-refractivity contribution in [1.29, 1.82) is 0 Å². The van der Waals surface area contributed by atoms with E-state index in [0.29, 0.717) is 30.1 Å². The first-order chi connectivity index (χ1) is 14.7. The molecular weight excluding hydrogens is 418 g/mol. The highest BCUT2D eigenvalue weighted by atomic mass is 32.2. The normalized spacial score (nSPS) is 16.5. The fourth-order valence-corrected chi connectivity index (χ4v) is 4.88. The number of ketones is 1. The minimum atomic E-state index is -3.65. The van der Waals surface area contributed by atoms with E-state index in [2.05, 4.69) is 5.32 Å². The SMILES string of the molecule is COc1cccc(NC(=O)[C@@H](C)N2CCN(S(=O)(=O)c3ccc(C(C)=O)cc3)CC2)c1. The highest BCUT2D eigenvalue weighted by molar-refractivity contribution is 7.89. The Morgan fingerprint density at radius 2 is 1.68 bits per heavy atom. The van der Waals surface area contributed by atoms with Gasteiger partial charge < -0.3 is 10.1 Å². The molecule has 1 amide bonds. The zero-order chi connectivity index (χ0) is 22.6. The number of nitrogens with zero attached hydrogens (tertiary/aromatic N) is 2. The smallest absolute Gasteiger partial charge is 0.243 e. The van der Waals surface area contributed by atoms with Gasteiger partial charge in [0.05, 0.1) is 18.0 Å². The van der Waals surface area contributed by atoms with Crippen LogP contribution in [0.1, 0.15) is 24.2 Å². The van der Waals surface area contributed by atoms with Crippen molar-refractivity contribution in [3.05, 3.63) is 54.1 Å². The highest BCUT2D eigenvalue weighted by Gasteiger charge is 2.31. The lowest BCUT2D eigenvalue weighted by atomic mass is 10.2. The number of rotatable bonds is 7. The summed E-state index contributed by atoms with van der Waals surface area (Å²) < 4.78 is 32.4. The van der Waals surface area contributed by atoms with Crippen LogP contribution in [0.15, 0.2) is 53.4 Å². The number of anilines is 1. The first-order valence-electron chi connectivity index (χ1n) is 10.0. The third-order valence-electron chi connectivity index (χ3n) is 5.44. The molecule has 1 fully saturated rings. The van der Waals surface area contributed by atoms with Crippen LogP contribution >= 0.6 is 0 Å². The predicted molar refractivity (Wildman–Crippen MR) is 118 cm³/mol. The van der Waals surface area contributed by atoms with E-state index >= 15 is 0 Å². The zero-order valence-corrected chi connectivity index (χ0v) is 18.7. The van der Waals surface area contributed by atoms with Gasteiger partial charge in [-0.2, -0.15) is 4.31 Å². The van der Waals surface area contributed by atoms with Crippen LogP contribution in [0.2, 0.25) is 0 Å². The van der Waals surface area contributed by atoms with Gasteiger partial charge in [-0.3, -0.25) is 14.5 Å². The summed E-state index contributed by atoms with van der Waals surface area (Å²) in [5.74, 6) is 0.378. The molecule has 8 nitrogen and oxygen atoms in total. The minimum absolute atomic E-state index is 0.112. The summed E-state index contributed by atoms with van der Waals surface area (Å²) in [4.78, 5) is 26.2. The molecule has 1 aliphatic rings. The van der Waals surface area contributed by atoms with Gasteiger partial charge in [0.1, 0.15) is 5.75 Å². The molecule has 1 N–H and O–H groups in total. The van der Waals surface area contributed by atoms with Crippen LogP contribution in [0.5, 0.6) is 5.75 Å². The third-order valence-corrected chi connectivity index (χ3v) is 7.35. The van der Waals surface area contributed by atoms with Crippen molar-refractivity contribution in [1.82, 2.24) is 9.21 Å². The molecule has 166 valence electrons. The number of methoxy groups -OCH3 is 1. The molecule has 2 aromatic carbocycles. The maximum absolute atomic E-state index is 12.9. The second-order valence-electron chi connectivity index (χ2n) is 7.42. The Kier molecular flexibility index (Phi) is 7.09. The molecule has 0 unspecified atom stereocenters. The zero-order valence-electron chi connectivity index (χ0n) is 17.9. The molecule has 0 aromatic heterocycles. The van der Waals surface area contributed by atoms with Gasteiger partial charge in [0.15, 0.2) is 5.78 Å². The molecule has 1 saturated heterocycles. The number of Topliss-reactive ketones (excluding diaryl/α,β-unsaturated/α-hetero) is 1. The van der Waals surface area contributed by atoms with Gasteiger partial charge in [0.2, 0.25) is 15.9 Å². The first kappa shape index (κ1) is 22.9. The van der Waals surface area contributed by atoms with Crippen LogP contribution < -0.4 is 10.1 Å². The number of hydrogen-bond donors (Lipinski definition) is 1. The summed E-state index contributed by atoms with van der Waals surface area (Å²) in [6, 6.07) is 12.7. The minimum Gasteiger partial charge on any atom is -0.497 e. The van der Waals surface area contributed by atoms with E-state index in [1.54, 1.807) is 38.3 Å². The number of carbonyl (C=O) groups is 2. The van der Waals surface area contributed by atoms with Gasteiger partial charge in [-0.05, 0) is 38.1 Å². The molecular formula is C22H27N3O5S. The van der Waals surface area contributed by atoms with Crippen molar-refractivity contribution in [2.24, 2.45) is 0 Å². The summed E-state index contributed by atoms with van der Waals surface area (Å²) in [5, 5.41) is 2.88. The molecule has 3 rings (SSSR count). The standard InChI is InChI=1S/C22H27N3O5S/c1-16(22(27)23-19-5-4-6-20(15-19)30-3)24-11-13-25(14-12-24)31(28,29)21-9-7-18(8-10-21)17(2)26/h4-10,15-16H,11-14H2,1-3H3,(H,23,27)/t16-/m1/s1. The van der Waals surface area contributed by atoms with E-state index in [1.807, 2.05) is 4.90 Å². The van der Waals surface area contributed by atoms with E-state index in [9.17, 15) is 18.0 Å². The Bertz CT molecular complexity index is 1050. The van der Waals surface area contributed by atoms with Crippen molar-refractivity contribution in [3.8, 4) is 5.75 Å². The Morgan fingerprint density at radius 1 is 1.03 bits per heavy atom. The molecule has 0 bridgehead atoms. The lowest BCUT2D eigenvalue weighted by molar-refractivity contribution is -0.121. The van der Waals surface area contributed by atoms with Gasteiger partial charge in [-0.1, -0.05) is 18.2 Å². The summed E-state index contributed by atoms with van der Waals surface area (Å²) in [6.45, 7) is 4.70. The molecule has 0 aliphatic carbocycles. The van der Waals surface area contributed by atoms with Crippen molar-refractivity contribution in [2.45, 2.75) is 24.8 Å². The molecule has 0 radical (unpaired) electrons. The lowest BCUT2D eigenvalue weighted by Gasteiger charge is -2.36. The van der Waals surface area contributed by atoms with Gasteiger partial charge in [-0.15, -0.1) is 0 Å². The number of amides is 1. The lowest BCUT2D eigenvalue weighted by Crippen LogP contribution is -2.53. The highest BCUT2D eigenvalue weighted by Crippen LogP contribution is 2.20. The van der Waals surface area contributed by atoms with E-state index < -0.39 is 16.1 Å². The number of nitrogens with one attached hydrogen (secondary N) is 1. The number of piperazine rings is 1. The third kappa shape index (κ3) is 5.30. The summed E-state index contributed by atoms with van der Waals surface area (Å²) in [7, 11) is -2.08. The molecule has 9 heteroatoms. The van der Waals surface area contributed by atoms with Crippen LogP contribution in [0.4, 0.5) is 5.69 Å². The second kappa shape index (κ2) is 9.59. The fraction of sp³-hybridized carbons (Fsp3) is 0.364. The average Bonchev–Trinajstić information content (AvgIpc) is 2.78. The molecule has 2 aromatic rings. The number of carbonyl (C=O) groups excluding carboxylic acids is 2. The number of sulfonamides is 1. The van der Waals surface area contributed by atoms with E-state index in [-0.39, 0.29) is 29.7 Å². The maximum atomic E-state index is 12.9. The Labute approximate surface area is 182 Å². The van der Waals surface area contributed by atoms with Gasteiger partial charge in [0.25, 0.3) is 0 Å². The molecule has 0 saturated carbocycles. The van der Waals surface area contributed by atoms with Crippen LogP contribution in [0.3, 0.4) is 0 Å². The number of ether oxygens (including phenoxy) is 1. The maximum Gasteiger partial charge on any atom is 0.243 e. The average molecular weight is 446 g/mol. The Morgan fingerprint density at radius 3 is 2.26 bits per heavy atom. The van der Waals surface area contributed by atoms with Gasteiger partial charge in [-0.25, -0.2) is 8.42 Å². The summed E-state index contributed by atoms with van der Waals surface area (Å²) >= 11 is 0. The van der Waals surface area contributed by atoms with Crippen LogP contribution in [0, 0.1) is 0 Å². The van der Waals surface area contributed by atoms with Crippen LogP contribution in [-0.2, 0) is 14.8 Å².